The Hall–Kier alpha value is -0.520. The fourth-order valence-corrected chi connectivity index (χ4v) is 1.73. The van der Waals surface area contributed by atoms with Crippen LogP contribution in [0.2, 0.25) is 0 Å². The van der Waals surface area contributed by atoms with Crippen molar-refractivity contribution in [2.45, 2.75) is 19.8 Å². The van der Waals surface area contributed by atoms with Crippen molar-refractivity contribution >= 4 is 0 Å². The molecule has 54 valence electrons. The van der Waals surface area contributed by atoms with Gasteiger partial charge in [-0.25, -0.2) is 0 Å². The summed E-state index contributed by atoms with van der Waals surface area (Å²) in [6.07, 6.45) is 12.3. The van der Waals surface area contributed by atoms with E-state index in [1.807, 2.05) is 0 Å². The van der Waals surface area contributed by atoms with Crippen LogP contribution in [-0.2, 0) is 0 Å². The van der Waals surface area contributed by atoms with Crippen molar-refractivity contribution in [3.63, 3.8) is 0 Å². The fourth-order valence-electron chi connectivity index (χ4n) is 1.73. The van der Waals surface area contributed by atoms with E-state index in [0.717, 1.165) is 11.8 Å². The van der Waals surface area contributed by atoms with Gasteiger partial charge in [0.05, 0.1) is 0 Å². The van der Waals surface area contributed by atoms with Gasteiger partial charge in [0.15, 0.2) is 0 Å². The molecule has 0 aromatic rings. The van der Waals surface area contributed by atoms with Crippen LogP contribution in [0.1, 0.15) is 19.8 Å². The maximum atomic E-state index is 2.40. The van der Waals surface area contributed by atoms with E-state index in [-0.39, 0.29) is 0 Å². The first-order chi connectivity index (χ1) is 4.86. The zero-order valence-corrected chi connectivity index (χ0v) is 6.46. The third kappa shape index (κ3) is 0.920. The van der Waals surface area contributed by atoms with Crippen molar-refractivity contribution < 1.29 is 0 Å². The minimum absolute atomic E-state index is 0.672. The maximum Gasteiger partial charge on any atom is -0.00817 e. The highest BCUT2D eigenvalue weighted by Crippen LogP contribution is 2.38. The molecule has 0 radical (unpaired) electrons. The molecule has 0 spiro atoms. The summed E-state index contributed by atoms with van der Waals surface area (Å²) in [6, 6.07) is 0. The Morgan fingerprint density at radius 1 is 0.900 bits per heavy atom. The monoisotopic (exact) mass is 134 g/mol. The molecule has 0 heteroatoms. The zero-order valence-electron chi connectivity index (χ0n) is 6.46. The van der Waals surface area contributed by atoms with Crippen molar-refractivity contribution in [2.75, 3.05) is 0 Å². The van der Waals surface area contributed by atoms with Crippen LogP contribution < -0.4 is 0 Å². The van der Waals surface area contributed by atoms with E-state index in [0.29, 0.717) is 5.92 Å². The van der Waals surface area contributed by atoms with Crippen LogP contribution in [0.3, 0.4) is 0 Å². The number of hydrogen-bond acceptors (Lipinski definition) is 0. The third-order valence-electron chi connectivity index (χ3n) is 2.71. The lowest BCUT2D eigenvalue weighted by molar-refractivity contribution is 0.287. The molecule has 0 nitrogen and oxygen atoms in total. The van der Waals surface area contributed by atoms with Crippen molar-refractivity contribution in [2.24, 2.45) is 17.8 Å². The lowest BCUT2D eigenvalue weighted by Gasteiger charge is -2.31. The summed E-state index contributed by atoms with van der Waals surface area (Å²) in [5, 5.41) is 0. The Kier molecular flexibility index (Phi) is 1.40. The van der Waals surface area contributed by atoms with Gasteiger partial charge in [0.1, 0.15) is 0 Å². The Balaban J connectivity index is 2.15. The SMILES string of the molecule is CC1C=C[C@@H]2CC[C@@H]2C=C1. The fraction of sp³-hybridized carbons (Fsp3) is 0.600. The van der Waals surface area contributed by atoms with E-state index >= 15 is 0 Å². The van der Waals surface area contributed by atoms with Crippen LogP contribution in [0.5, 0.6) is 0 Å². The Labute approximate surface area is 62.6 Å². The molecule has 2 rings (SSSR count). The van der Waals surface area contributed by atoms with E-state index in [1.165, 1.54) is 12.8 Å². The van der Waals surface area contributed by atoms with Gasteiger partial charge in [-0.1, -0.05) is 31.2 Å². The van der Waals surface area contributed by atoms with E-state index < -0.39 is 0 Å². The van der Waals surface area contributed by atoms with Crippen LogP contribution in [0.25, 0.3) is 0 Å². The minimum Gasteiger partial charge on any atom is -0.0843 e. The molecule has 0 heterocycles. The Bertz CT molecular complexity index is 156. The normalized spacial score (nSPS) is 43.9. The van der Waals surface area contributed by atoms with Gasteiger partial charge in [-0.15, -0.1) is 0 Å². The van der Waals surface area contributed by atoms with Crippen LogP contribution in [0.4, 0.5) is 0 Å². The number of rotatable bonds is 0. The average molecular weight is 134 g/mol. The molecule has 0 aliphatic heterocycles. The summed E-state index contributed by atoms with van der Waals surface area (Å²) in [5.74, 6) is 2.45. The van der Waals surface area contributed by atoms with Gasteiger partial charge in [-0.05, 0) is 30.6 Å². The highest BCUT2D eigenvalue weighted by molar-refractivity contribution is 5.13. The molecule has 0 saturated heterocycles. The summed E-state index contributed by atoms with van der Waals surface area (Å²) >= 11 is 0. The van der Waals surface area contributed by atoms with Crippen LogP contribution in [0.15, 0.2) is 24.3 Å². The predicted octanol–water partition coefficient (Wildman–Crippen LogP) is 2.77. The molecule has 0 amide bonds. The first-order valence-electron chi connectivity index (χ1n) is 4.23. The van der Waals surface area contributed by atoms with Gasteiger partial charge < -0.3 is 0 Å². The average Bonchev–Trinajstić information content (AvgIpc) is 1.94. The molecule has 1 fully saturated rings. The molecule has 0 bridgehead atoms. The second-order valence-electron chi connectivity index (χ2n) is 3.53. The Morgan fingerprint density at radius 2 is 1.40 bits per heavy atom. The number of allylic oxidation sites excluding steroid dienone is 4. The van der Waals surface area contributed by atoms with Crippen LogP contribution >= 0.6 is 0 Å². The van der Waals surface area contributed by atoms with Crippen LogP contribution in [-0.4, -0.2) is 0 Å². The molecular formula is C10H14. The highest BCUT2D eigenvalue weighted by Gasteiger charge is 2.27. The van der Waals surface area contributed by atoms with E-state index in [4.69, 9.17) is 0 Å². The van der Waals surface area contributed by atoms with Gasteiger partial charge in [-0.3, -0.25) is 0 Å². The van der Waals surface area contributed by atoms with E-state index in [9.17, 15) is 0 Å². The third-order valence-corrected chi connectivity index (χ3v) is 2.71. The quantitative estimate of drug-likeness (QED) is 0.447. The lowest BCUT2D eigenvalue weighted by atomic mass is 9.74. The summed E-state index contributed by atoms with van der Waals surface area (Å²) in [4.78, 5) is 0. The second kappa shape index (κ2) is 2.26. The largest absolute Gasteiger partial charge is 0.0843 e. The minimum atomic E-state index is 0.672. The van der Waals surface area contributed by atoms with Gasteiger partial charge in [-0.2, -0.15) is 0 Å². The van der Waals surface area contributed by atoms with Crippen molar-refractivity contribution in [3.8, 4) is 0 Å². The van der Waals surface area contributed by atoms with Gasteiger partial charge >= 0.3 is 0 Å². The lowest BCUT2D eigenvalue weighted by Crippen LogP contribution is -2.20. The molecule has 1 unspecified atom stereocenters. The van der Waals surface area contributed by atoms with Gasteiger partial charge in [0, 0.05) is 0 Å². The molecule has 2 aliphatic carbocycles. The predicted molar refractivity (Wildman–Crippen MR) is 43.7 cm³/mol. The summed E-state index contributed by atoms with van der Waals surface area (Å²) in [7, 11) is 0. The molecule has 10 heavy (non-hydrogen) atoms. The van der Waals surface area contributed by atoms with Crippen molar-refractivity contribution in [3.05, 3.63) is 24.3 Å². The summed E-state index contributed by atoms with van der Waals surface area (Å²) in [5.41, 5.74) is 0. The number of hydrogen-bond donors (Lipinski definition) is 0. The molecule has 3 atom stereocenters. The van der Waals surface area contributed by atoms with Crippen molar-refractivity contribution in [1.82, 2.24) is 0 Å². The smallest absolute Gasteiger partial charge is 0.00817 e. The molecule has 1 saturated carbocycles. The highest BCUT2D eigenvalue weighted by atomic mass is 14.3. The second-order valence-corrected chi connectivity index (χ2v) is 3.53. The topological polar surface area (TPSA) is 0 Å². The van der Waals surface area contributed by atoms with E-state index in [1.54, 1.807) is 0 Å². The standard InChI is InChI=1S/C10H14/c1-8-2-4-9-6-7-10(9)5-3-8/h2-5,8-10H,6-7H2,1H3/t8?,9-,10+. The molecule has 2 aliphatic rings. The van der Waals surface area contributed by atoms with E-state index in [2.05, 4.69) is 31.2 Å². The molecule has 0 aromatic carbocycles. The first-order valence-corrected chi connectivity index (χ1v) is 4.23. The molecule has 0 N–H and O–H groups in total. The van der Waals surface area contributed by atoms with Crippen LogP contribution in [0, 0.1) is 17.8 Å². The zero-order chi connectivity index (χ0) is 6.97. The first kappa shape index (κ1) is 6.21. The molecular weight excluding hydrogens is 120 g/mol. The maximum absolute atomic E-state index is 2.40. The summed E-state index contributed by atoms with van der Waals surface area (Å²) < 4.78 is 0. The van der Waals surface area contributed by atoms with Gasteiger partial charge in [0.25, 0.3) is 0 Å². The molecule has 0 aromatic heterocycles. The van der Waals surface area contributed by atoms with Gasteiger partial charge in [0.2, 0.25) is 0 Å². The number of fused-ring (bicyclic) bond motifs is 1. The Morgan fingerprint density at radius 3 is 1.80 bits per heavy atom. The summed E-state index contributed by atoms with van der Waals surface area (Å²) in [6.45, 7) is 2.25. The van der Waals surface area contributed by atoms with Crippen molar-refractivity contribution in [1.29, 1.82) is 0 Å².